The van der Waals surface area contributed by atoms with Crippen LogP contribution in [0.4, 0.5) is 0 Å². The summed E-state index contributed by atoms with van der Waals surface area (Å²) in [6.07, 6.45) is 8.96. The zero-order valence-corrected chi connectivity index (χ0v) is 41.3. The molecule has 15 nitrogen and oxygen atoms in total. The molecule has 2 bridgehead atoms. The number of carbonyl (C=O) groups excluding carboxylic acids is 1. The highest BCUT2D eigenvalue weighted by atomic mass is 32.2. The van der Waals surface area contributed by atoms with Crippen LogP contribution in [0.2, 0.25) is 0 Å². The number of carbonyl (C=O) groups is 1. The molecule has 4 fully saturated rings. The van der Waals surface area contributed by atoms with E-state index in [1.165, 1.54) is 0 Å². The normalized spacial score (nSPS) is 47.4. The van der Waals surface area contributed by atoms with Crippen molar-refractivity contribution in [2.75, 3.05) is 33.2 Å². The van der Waals surface area contributed by atoms with Crippen molar-refractivity contribution in [1.29, 1.82) is 0 Å². The van der Waals surface area contributed by atoms with Crippen LogP contribution in [-0.4, -0.2) is 155 Å². The van der Waals surface area contributed by atoms with Crippen LogP contribution in [0.5, 0.6) is 0 Å². The summed E-state index contributed by atoms with van der Waals surface area (Å²) in [6, 6.07) is 0. The Kier molecular flexibility index (Phi) is 17.1. The van der Waals surface area contributed by atoms with E-state index in [1.54, 1.807) is 33.3 Å². The van der Waals surface area contributed by atoms with E-state index in [9.17, 15) is 24.3 Å². The second kappa shape index (κ2) is 21.9. The van der Waals surface area contributed by atoms with Gasteiger partial charge in [0.25, 0.3) is 0 Å². The molecule has 372 valence electrons. The van der Waals surface area contributed by atoms with E-state index >= 15 is 0 Å². The lowest BCUT2D eigenvalue weighted by molar-refractivity contribution is -0.309. The van der Waals surface area contributed by atoms with E-state index in [1.807, 2.05) is 39.0 Å². The van der Waals surface area contributed by atoms with E-state index in [0.717, 1.165) is 12.0 Å². The van der Waals surface area contributed by atoms with Crippen molar-refractivity contribution >= 4 is 16.8 Å². The van der Waals surface area contributed by atoms with Crippen LogP contribution in [-0.2, 0) is 63.0 Å². The van der Waals surface area contributed by atoms with Crippen molar-refractivity contribution in [2.24, 2.45) is 23.7 Å². The van der Waals surface area contributed by atoms with Gasteiger partial charge in [0, 0.05) is 68.3 Å². The molecule has 6 heterocycles. The maximum absolute atomic E-state index is 14.4. The molecule has 0 aromatic heterocycles. The summed E-state index contributed by atoms with van der Waals surface area (Å²) in [6.45, 7) is 15.9. The van der Waals surface area contributed by atoms with Crippen LogP contribution in [0.15, 0.2) is 59.3 Å². The van der Waals surface area contributed by atoms with Gasteiger partial charge < -0.3 is 62.7 Å². The minimum absolute atomic E-state index is 0.0210. The van der Waals surface area contributed by atoms with Crippen molar-refractivity contribution in [1.82, 2.24) is 0 Å². The fraction of sp³-hybridized carbons (Fsp3) is 0.780. The second-order valence-corrected chi connectivity index (χ2v) is 21.5. The van der Waals surface area contributed by atoms with Gasteiger partial charge in [0.1, 0.15) is 35.9 Å². The van der Waals surface area contributed by atoms with Gasteiger partial charge in [0.2, 0.25) is 0 Å². The third-order valence-corrected chi connectivity index (χ3v) is 16.9. The van der Waals surface area contributed by atoms with Crippen LogP contribution in [0.1, 0.15) is 93.9 Å². The van der Waals surface area contributed by atoms with Crippen LogP contribution in [0.3, 0.4) is 0 Å². The number of ether oxygens (including phenoxy) is 10. The fourth-order valence-electron chi connectivity index (χ4n) is 11.2. The summed E-state index contributed by atoms with van der Waals surface area (Å²) in [4.78, 5) is 14.4. The lowest BCUT2D eigenvalue weighted by atomic mass is 9.71. The molecule has 3 N–H and O–H groups in total. The number of rotatable bonds is 11. The first-order valence-electron chi connectivity index (χ1n) is 24.1. The molecule has 7 aliphatic rings. The molecule has 16 heteroatoms. The van der Waals surface area contributed by atoms with Crippen LogP contribution >= 0.6 is 0 Å². The Balaban J connectivity index is 1.16. The Morgan fingerprint density at radius 1 is 0.924 bits per heavy atom. The molecule has 0 amide bonds. The molecule has 4 saturated heterocycles. The minimum Gasteiger partial charge on any atom is -0.462 e. The lowest BCUT2D eigenvalue weighted by Gasteiger charge is -2.48. The quantitative estimate of drug-likeness (QED) is 0.183. The van der Waals surface area contributed by atoms with Crippen molar-refractivity contribution in [3.05, 3.63) is 59.3 Å². The molecule has 0 saturated carbocycles. The topological polar surface area (TPSA) is 187 Å². The molecule has 66 heavy (non-hydrogen) atoms. The number of allylic oxidation sites excluding steroid dienone is 2. The predicted octanol–water partition coefficient (Wildman–Crippen LogP) is 5.13. The Labute approximate surface area is 393 Å². The predicted molar refractivity (Wildman–Crippen MR) is 245 cm³/mol. The molecule has 21 atom stereocenters. The average Bonchev–Trinajstić information content (AvgIpc) is 3.62. The molecule has 6 aliphatic heterocycles. The molecule has 0 aromatic carbocycles. The standard InChI is InChI=1S/C50H76O15S/c1-11-27(2)44-30(5)17-18-49(65-44)25-36-22-35(64-49)16-15-29(4)43(28(3)13-12-14-34-26-58-47-42(52)31(6)21-37(48(53)61-36)50(34,47)54)62-40-23-38(56-9)45(32(7)59-40)63-41-24-39(57-10)46(33(8)60-41)66(55)20-19-51/h12-15,17-18,21,27-28,30,32-33,35-47,51-52,54H,11,16,19-20,22-26H2,1-10H3/b13-12+,29-15+,34-14+/t27?,28-,30-,32-,33-,35+,36-,37-,38-,39-,40-,41-,42+,43-,44+,45-,46-,47+,49+,50+,66?/m0/s1. The van der Waals surface area contributed by atoms with Gasteiger partial charge in [0.15, 0.2) is 18.4 Å². The number of methoxy groups -OCH3 is 2. The van der Waals surface area contributed by atoms with Crippen molar-refractivity contribution in [3.8, 4) is 0 Å². The summed E-state index contributed by atoms with van der Waals surface area (Å²) in [5, 5.41) is 32.8. The van der Waals surface area contributed by atoms with Gasteiger partial charge in [-0.25, -0.2) is 0 Å². The van der Waals surface area contributed by atoms with Crippen molar-refractivity contribution < 1.29 is 71.7 Å². The molecular weight excluding hydrogens is 873 g/mol. The maximum atomic E-state index is 14.4. The third kappa shape index (κ3) is 10.8. The van der Waals surface area contributed by atoms with Crippen molar-refractivity contribution in [3.63, 3.8) is 0 Å². The number of aliphatic hydroxyl groups excluding tert-OH is 2. The number of esters is 1. The number of hydrogen-bond acceptors (Lipinski definition) is 15. The zero-order chi connectivity index (χ0) is 47.7. The highest BCUT2D eigenvalue weighted by Crippen LogP contribution is 2.47. The first-order chi connectivity index (χ1) is 31.4. The molecule has 0 aromatic rings. The van der Waals surface area contributed by atoms with Crippen molar-refractivity contribution in [2.45, 2.75) is 190 Å². The summed E-state index contributed by atoms with van der Waals surface area (Å²) in [7, 11) is 1.88. The SMILES string of the molecule is CCC(C)[C@H]1O[C@]2(C=C[C@@H]1C)C[C@@H]1C[C@@H](C/C=C(\C)[C@@H](O[C@H]3C[C@H](OC)[C@@H](O[C@H]4C[C@H](OC)[C@@H](S(=O)CCO)[C@H](C)O4)[C@H](C)O3)[C@@H](C)/C=C/C=C3\CO[C@@H]4[C@H](O)C(C)=C[C@@H](C(=O)O1)[C@]34O)O2. The fourth-order valence-corrected chi connectivity index (χ4v) is 12.7. The van der Waals surface area contributed by atoms with E-state index in [2.05, 4.69) is 39.8 Å². The molecule has 1 spiro atoms. The van der Waals surface area contributed by atoms with E-state index < -0.39 is 113 Å². The van der Waals surface area contributed by atoms with Gasteiger partial charge in [-0.2, -0.15) is 0 Å². The van der Waals surface area contributed by atoms with Crippen LogP contribution in [0, 0.1) is 23.7 Å². The molecule has 1 aliphatic carbocycles. The minimum atomic E-state index is -1.85. The Morgan fingerprint density at radius 3 is 2.35 bits per heavy atom. The summed E-state index contributed by atoms with van der Waals surface area (Å²) in [5.41, 5.74) is 0.0893. The summed E-state index contributed by atoms with van der Waals surface area (Å²) in [5.74, 6) is -2.49. The van der Waals surface area contributed by atoms with Gasteiger partial charge in [-0.05, 0) is 62.8 Å². The monoisotopic (exact) mass is 948 g/mol. The van der Waals surface area contributed by atoms with Gasteiger partial charge >= 0.3 is 5.97 Å². The van der Waals surface area contributed by atoms with E-state index in [4.69, 9.17) is 47.4 Å². The highest BCUT2D eigenvalue weighted by Gasteiger charge is 2.60. The third-order valence-electron chi connectivity index (χ3n) is 15.1. The first kappa shape index (κ1) is 51.7. The second-order valence-electron chi connectivity index (χ2n) is 19.7. The smallest absolute Gasteiger partial charge is 0.316 e. The number of aliphatic hydroxyl groups is 3. The number of hydrogen-bond donors (Lipinski definition) is 3. The summed E-state index contributed by atoms with van der Waals surface area (Å²) >= 11 is 0. The Hall–Kier alpha value is -2.16. The van der Waals surface area contributed by atoms with E-state index in [0.29, 0.717) is 36.8 Å². The largest absolute Gasteiger partial charge is 0.462 e. The zero-order valence-electron chi connectivity index (χ0n) is 40.4. The van der Waals surface area contributed by atoms with Crippen LogP contribution < -0.4 is 0 Å². The average molecular weight is 949 g/mol. The molecule has 0 radical (unpaired) electrons. The van der Waals surface area contributed by atoms with E-state index in [-0.39, 0.29) is 49.2 Å². The maximum Gasteiger partial charge on any atom is 0.316 e. The van der Waals surface area contributed by atoms with Gasteiger partial charge in [-0.1, -0.05) is 70.6 Å². The number of fused-ring (bicyclic) bond motifs is 2. The summed E-state index contributed by atoms with van der Waals surface area (Å²) < 4.78 is 77.4. The Bertz CT molecular complexity index is 1870. The van der Waals surface area contributed by atoms with Crippen LogP contribution in [0.25, 0.3) is 0 Å². The highest BCUT2D eigenvalue weighted by molar-refractivity contribution is 7.85. The molecular formula is C50H76O15S. The first-order valence-corrected chi connectivity index (χ1v) is 25.5. The Morgan fingerprint density at radius 2 is 1.64 bits per heavy atom. The van der Waals surface area contributed by atoms with Gasteiger partial charge in [-0.15, -0.1) is 0 Å². The molecule has 7 rings (SSSR count). The van der Waals surface area contributed by atoms with Gasteiger partial charge in [0.05, 0.1) is 61.2 Å². The van der Waals surface area contributed by atoms with Gasteiger partial charge in [-0.3, -0.25) is 9.00 Å². The molecule has 2 unspecified atom stereocenters. The lowest BCUT2D eigenvalue weighted by Crippen LogP contribution is -2.58.